The van der Waals surface area contributed by atoms with Crippen LogP contribution in [-0.4, -0.2) is 41.5 Å². The van der Waals surface area contributed by atoms with Gasteiger partial charge in [0.1, 0.15) is 24.7 Å². The Hall–Kier alpha value is -4.26. The van der Waals surface area contributed by atoms with Crippen molar-refractivity contribution in [2.75, 3.05) is 19.8 Å². The Kier molecular flexibility index (Phi) is 7.36. The van der Waals surface area contributed by atoms with Crippen molar-refractivity contribution in [2.45, 2.75) is 32.9 Å². The fourth-order valence-electron chi connectivity index (χ4n) is 4.70. The van der Waals surface area contributed by atoms with Crippen molar-refractivity contribution in [1.29, 1.82) is 0 Å². The van der Waals surface area contributed by atoms with Crippen LogP contribution in [0.4, 0.5) is 0 Å². The minimum atomic E-state index is -0.794. The molecule has 2 aliphatic heterocycles. The maximum atomic E-state index is 13.4. The minimum Gasteiger partial charge on any atom is -0.507 e. The van der Waals surface area contributed by atoms with Gasteiger partial charge in [-0.3, -0.25) is 9.59 Å². The molecule has 0 unspecified atom stereocenters. The third-order valence-corrected chi connectivity index (χ3v) is 6.69. The number of likely N-dealkylation sites (tertiary alicyclic amines) is 1. The molecule has 1 saturated heterocycles. The van der Waals surface area contributed by atoms with Crippen molar-refractivity contribution in [3.05, 3.63) is 95.1 Å². The second-order valence-corrected chi connectivity index (χ2v) is 9.87. The van der Waals surface area contributed by atoms with Gasteiger partial charge in [-0.25, -0.2) is 0 Å². The number of aliphatic hydroxyl groups is 1. The molecule has 0 aliphatic carbocycles. The van der Waals surface area contributed by atoms with Gasteiger partial charge in [-0.15, -0.1) is 0 Å². The highest BCUT2D eigenvalue weighted by atomic mass is 16.6. The summed E-state index contributed by atoms with van der Waals surface area (Å²) >= 11 is 0. The average Bonchev–Trinajstić information content (AvgIpc) is 3.18. The van der Waals surface area contributed by atoms with E-state index >= 15 is 0 Å². The molecular formula is C31H31NO6. The largest absolute Gasteiger partial charge is 0.507 e. The maximum absolute atomic E-state index is 13.4. The van der Waals surface area contributed by atoms with E-state index in [1.165, 1.54) is 4.90 Å². The lowest BCUT2D eigenvalue weighted by atomic mass is 9.94. The van der Waals surface area contributed by atoms with Crippen molar-refractivity contribution in [3.8, 4) is 17.2 Å². The second-order valence-electron chi connectivity index (χ2n) is 9.87. The number of rotatable bonds is 8. The number of amides is 1. The number of carbonyl (C=O) groups excluding carboxylic acids is 2. The molecule has 5 rings (SSSR count). The zero-order valence-electron chi connectivity index (χ0n) is 21.6. The lowest BCUT2D eigenvalue weighted by Gasteiger charge is -2.26. The molecule has 1 atom stereocenters. The van der Waals surface area contributed by atoms with Crippen LogP contribution in [0.3, 0.4) is 0 Å². The number of fused-ring (bicyclic) bond motifs is 1. The third kappa shape index (κ3) is 5.23. The second kappa shape index (κ2) is 11.0. The molecule has 3 aromatic carbocycles. The van der Waals surface area contributed by atoms with E-state index in [1.54, 1.807) is 18.2 Å². The first-order valence-electron chi connectivity index (χ1n) is 12.9. The van der Waals surface area contributed by atoms with Crippen LogP contribution < -0.4 is 14.2 Å². The molecule has 7 heteroatoms. The van der Waals surface area contributed by atoms with Gasteiger partial charge in [-0.1, -0.05) is 56.3 Å². The van der Waals surface area contributed by atoms with Gasteiger partial charge in [0.25, 0.3) is 11.7 Å². The summed E-state index contributed by atoms with van der Waals surface area (Å²) in [6.45, 7) is 5.87. The number of nitrogens with zero attached hydrogens (tertiary/aromatic N) is 1. The molecule has 1 N–H and O–H groups in total. The van der Waals surface area contributed by atoms with Crippen molar-refractivity contribution >= 4 is 17.4 Å². The summed E-state index contributed by atoms with van der Waals surface area (Å²) in [7, 11) is 0. The Labute approximate surface area is 222 Å². The monoisotopic (exact) mass is 513 g/mol. The highest BCUT2D eigenvalue weighted by molar-refractivity contribution is 6.46. The molecule has 0 saturated carbocycles. The number of hydrogen-bond donors (Lipinski definition) is 1. The fraction of sp³-hybridized carbons (Fsp3) is 0.290. The maximum Gasteiger partial charge on any atom is 0.295 e. The highest BCUT2D eigenvalue weighted by Gasteiger charge is 2.46. The van der Waals surface area contributed by atoms with Gasteiger partial charge in [0.2, 0.25) is 0 Å². The van der Waals surface area contributed by atoms with Gasteiger partial charge in [0, 0.05) is 12.1 Å². The van der Waals surface area contributed by atoms with Crippen LogP contribution in [0.25, 0.3) is 5.76 Å². The van der Waals surface area contributed by atoms with Crippen LogP contribution in [0.15, 0.2) is 78.4 Å². The predicted octanol–water partition coefficient (Wildman–Crippen LogP) is 5.50. The predicted molar refractivity (Wildman–Crippen MR) is 143 cm³/mol. The molecule has 0 bridgehead atoms. The number of benzene rings is 3. The Morgan fingerprint density at radius 1 is 0.974 bits per heavy atom. The van der Waals surface area contributed by atoms with Gasteiger partial charge < -0.3 is 24.2 Å². The summed E-state index contributed by atoms with van der Waals surface area (Å²) in [6.07, 6.45) is 0.904. The molecule has 2 heterocycles. The van der Waals surface area contributed by atoms with Crippen molar-refractivity contribution in [2.24, 2.45) is 5.92 Å². The van der Waals surface area contributed by atoms with Crippen LogP contribution in [0, 0.1) is 5.92 Å². The number of hydrogen-bond acceptors (Lipinski definition) is 6. The van der Waals surface area contributed by atoms with Crippen molar-refractivity contribution in [3.63, 3.8) is 0 Å². The van der Waals surface area contributed by atoms with Gasteiger partial charge in [0.15, 0.2) is 11.5 Å². The Balaban J connectivity index is 1.57. The van der Waals surface area contributed by atoms with Crippen LogP contribution in [0.5, 0.6) is 17.2 Å². The molecule has 0 radical (unpaired) electrons. The summed E-state index contributed by atoms with van der Waals surface area (Å²) in [5, 5.41) is 11.4. The zero-order chi connectivity index (χ0) is 26.6. The topological polar surface area (TPSA) is 85.3 Å². The quantitative estimate of drug-likeness (QED) is 0.243. The van der Waals surface area contributed by atoms with E-state index in [2.05, 4.69) is 13.8 Å². The summed E-state index contributed by atoms with van der Waals surface area (Å²) in [5.74, 6) is 0.548. The molecule has 38 heavy (non-hydrogen) atoms. The van der Waals surface area contributed by atoms with Crippen LogP contribution in [0.1, 0.15) is 43.0 Å². The van der Waals surface area contributed by atoms with E-state index in [1.807, 2.05) is 54.6 Å². The number of carbonyl (C=O) groups is 2. The fourth-order valence-corrected chi connectivity index (χ4v) is 4.70. The van der Waals surface area contributed by atoms with E-state index in [-0.39, 0.29) is 17.9 Å². The molecule has 196 valence electrons. The van der Waals surface area contributed by atoms with Crippen molar-refractivity contribution < 1.29 is 28.9 Å². The molecular weight excluding hydrogens is 482 g/mol. The molecule has 1 amide bonds. The molecule has 0 spiro atoms. The molecule has 1 fully saturated rings. The van der Waals surface area contributed by atoms with E-state index in [9.17, 15) is 14.7 Å². The van der Waals surface area contributed by atoms with Gasteiger partial charge >= 0.3 is 0 Å². The summed E-state index contributed by atoms with van der Waals surface area (Å²) in [6, 6.07) is 21.1. The number of ether oxygens (including phenoxy) is 3. The third-order valence-electron chi connectivity index (χ3n) is 6.69. The van der Waals surface area contributed by atoms with E-state index in [0.717, 1.165) is 12.0 Å². The molecule has 2 aliphatic rings. The van der Waals surface area contributed by atoms with Crippen LogP contribution in [-0.2, 0) is 16.1 Å². The first-order valence-corrected chi connectivity index (χ1v) is 12.9. The van der Waals surface area contributed by atoms with Crippen molar-refractivity contribution in [1.82, 2.24) is 4.90 Å². The number of Topliss-reactive ketones (excluding diaryl/α,β-unsaturated/α-hetero) is 1. The summed E-state index contributed by atoms with van der Waals surface area (Å²) in [4.78, 5) is 28.3. The lowest BCUT2D eigenvalue weighted by Crippen LogP contribution is -2.29. The lowest BCUT2D eigenvalue weighted by molar-refractivity contribution is -0.140. The normalized spacial score (nSPS) is 18.2. The average molecular weight is 514 g/mol. The Bertz CT molecular complexity index is 1360. The zero-order valence-corrected chi connectivity index (χ0v) is 21.6. The minimum absolute atomic E-state index is 0.0296. The molecule has 3 aromatic rings. The SMILES string of the molecule is CC(C)CCOc1cccc([C@H]2C(=C(O)c3ccc4c(c3)OCCO4)C(=O)C(=O)N2Cc2ccccc2)c1. The van der Waals surface area contributed by atoms with Crippen LogP contribution in [0.2, 0.25) is 0 Å². The molecule has 0 aromatic heterocycles. The van der Waals surface area contributed by atoms with E-state index in [4.69, 9.17) is 14.2 Å². The van der Waals surface area contributed by atoms with Crippen LogP contribution >= 0.6 is 0 Å². The standard InChI is InChI=1S/C31H31NO6/c1-20(2)13-14-36-24-10-6-9-22(17-24)28-27(29(33)23-11-12-25-26(18-23)38-16-15-37-25)30(34)31(35)32(28)19-21-7-4-3-5-8-21/h3-12,17-18,20,28,33H,13-16,19H2,1-2H3/t28-/m0/s1. The molecule has 7 nitrogen and oxygen atoms in total. The first-order chi connectivity index (χ1) is 18.4. The Morgan fingerprint density at radius 3 is 2.50 bits per heavy atom. The van der Waals surface area contributed by atoms with Gasteiger partial charge in [-0.2, -0.15) is 0 Å². The summed E-state index contributed by atoms with van der Waals surface area (Å²) < 4.78 is 17.2. The number of aliphatic hydroxyl groups excluding tert-OH is 1. The van der Waals surface area contributed by atoms with Gasteiger partial charge in [-0.05, 0) is 53.8 Å². The van der Waals surface area contributed by atoms with Gasteiger partial charge in [0.05, 0.1) is 18.2 Å². The van der Waals surface area contributed by atoms with E-state index in [0.29, 0.717) is 54.1 Å². The first kappa shape index (κ1) is 25.4. The van der Waals surface area contributed by atoms with E-state index < -0.39 is 17.7 Å². The summed E-state index contributed by atoms with van der Waals surface area (Å²) in [5.41, 5.74) is 1.97. The Morgan fingerprint density at radius 2 is 1.74 bits per heavy atom. The number of ketones is 1. The smallest absolute Gasteiger partial charge is 0.295 e. The highest BCUT2D eigenvalue weighted by Crippen LogP contribution is 2.42.